The maximum Gasteiger partial charge on any atom is 0.270 e. The van der Waals surface area contributed by atoms with E-state index in [1.165, 1.54) is 22.5 Å². The van der Waals surface area contributed by atoms with E-state index in [1.807, 2.05) is 41.8 Å². The Labute approximate surface area is 250 Å². The van der Waals surface area contributed by atoms with Crippen molar-refractivity contribution in [2.45, 2.75) is 31.8 Å². The summed E-state index contributed by atoms with van der Waals surface area (Å²) in [6.07, 6.45) is 3.39. The maximum atomic E-state index is 12.8. The summed E-state index contributed by atoms with van der Waals surface area (Å²) < 4.78 is 0. The molecule has 1 amide bonds. The van der Waals surface area contributed by atoms with Crippen molar-refractivity contribution in [1.29, 1.82) is 0 Å². The molecule has 0 fully saturated rings. The fourth-order valence-corrected chi connectivity index (χ4v) is 5.96. The van der Waals surface area contributed by atoms with Crippen LogP contribution in [0, 0.1) is 0 Å². The maximum absolute atomic E-state index is 12.8. The number of nitrogens with one attached hydrogen (secondary N) is 1. The van der Waals surface area contributed by atoms with Crippen molar-refractivity contribution in [1.82, 2.24) is 20.2 Å². The number of benzene rings is 3. The first kappa shape index (κ1) is 28.7. The number of hydrogen-bond acceptors (Lipinski definition) is 5. The van der Waals surface area contributed by atoms with Gasteiger partial charge in [0, 0.05) is 47.7 Å². The first-order chi connectivity index (χ1) is 20.1. The van der Waals surface area contributed by atoms with Gasteiger partial charge in [0.15, 0.2) is 0 Å². The van der Waals surface area contributed by atoms with Crippen molar-refractivity contribution in [3.05, 3.63) is 153 Å². The van der Waals surface area contributed by atoms with E-state index in [4.69, 9.17) is 16.6 Å². The topological polar surface area (TPSA) is 58.1 Å². The normalized spacial score (nSPS) is 11.2. The average Bonchev–Trinajstić information content (AvgIpc) is 3.47. The highest BCUT2D eigenvalue weighted by molar-refractivity contribution is 7.09. The minimum absolute atomic E-state index is 0.155. The number of pyridine rings is 1. The summed E-state index contributed by atoms with van der Waals surface area (Å²) in [7, 11) is 0. The number of amides is 1. The van der Waals surface area contributed by atoms with Gasteiger partial charge in [-0.05, 0) is 53.9 Å². The summed E-state index contributed by atoms with van der Waals surface area (Å²) in [5.74, 6) is 0.119. The summed E-state index contributed by atoms with van der Waals surface area (Å²) in [6, 6.07) is 35.2. The first-order valence-electron chi connectivity index (χ1n) is 13.8. The van der Waals surface area contributed by atoms with Crippen LogP contribution in [0.25, 0.3) is 0 Å². The van der Waals surface area contributed by atoms with Gasteiger partial charge < -0.3 is 5.32 Å². The molecule has 5 aromatic rings. The highest BCUT2D eigenvalue weighted by atomic mass is 35.5. The SMILES string of the molecule is O=C(NCCc1ccccn1)c1csc(CN(CCC(c2ccccc2)c2ccccc2)Cc2cccc(Cl)c2)n1. The molecule has 3 aromatic carbocycles. The van der Waals surface area contributed by atoms with Crippen molar-refractivity contribution in [2.75, 3.05) is 13.1 Å². The average molecular weight is 581 g/mol. The summed E-state index contributed by atoms with van der Waals surface area (Å²) in [4.78, 5) is 24.2. The summed E-state index contributed by atoms with van der Waals surface area (Å²) in [6.45, 7) is 2.76. The van der Waals surface area contributed by atoms with Crippen LogP contribution in [0.5, 0.6) is 0 Å². The Bertz CT molecular complexity index is 1470. The van der Waals surface area contributed by atoms with E-state index < -0.39 is 0 Å². The summed E-state index contributed by atoms with van der Waals surface area (Å²) in [5.41, 5.74) is 5.17. The van der Waals surface area contributed by atoms with Gasteiger partial charge in [-0.3, -0.25) is 14.7 Å². The third kappa shape index (κ3) is 8.57. The van der Waals surface area contributed by atoms with Gasteiger partial charge in [0.05, 0.1) is 6.54 Å². The van der Waals surface area contributed by atoms with E-state index in [1.54, 1.807) is 6.20 Å². The lowest BCUT2D eigenvalue weighted by Gasteiger charge is -2.25. The number of nitrogens with zero attached hydrogens (tertiary/aromatic N) is 3. The highest BCUT2D eigenvalue weighted by Crippen LogP contribution is 2.29. The Balaban J connectivity index is 1.27. The van der Waals surface area contributed by atoms with Crippen LogP contribution in [0.15, 0.2) is 115 Å². The van der Waals surface area contributed by atoms with Crippen molar-refractivity contribution in [3.8, 4) is 0 Å². The number of aromatic nitrogens is 2. The molecule has 1 N–H and O–H groups in total. The van der Waals surface area contributed by atoms with Crippen LogP contribution < -0.4 is 5.32 Å². The van der Waals surface area contributed by atoms with Crippen LogP contribution in [0.3, 0.4) is 0 Å². The fraction of sp³-hybridized carbons (Fsp3) is 0.206. The molecule has 5 nitrogen and oxygen atoms in total. The Morgan fingerprint density at radius 1 is 0.878 bits per heavy atom. The smallest absolute Gasteiger partial charge is 0.270 e. The van der Waals surface area contributed by atoms with E-state index in [0.717, 1.165) is 40.8 Å². The first-order valence-corrected chi connectivity index (χ1v) is 15.1. The van der Waals surface area contributed by atoms with Crippen LogP contribution in [0.2, 0.25) is 5.02 Å². The molecule has 0 bridgehead atoms. The van der Waals surface area contributed by atoms with Gasteiger partial charge in [-0.15, -0.1) is 11.3 Å². The van der Waals surface area contributed by atoms with Crippen molar-refractivity contribution < 1.29 is 4.79 Å². The second-order valence-electron chi connectivity index (χ2n) is 9.96. The molecule has 0 aliphatic rings. The van der Waals surface area contributed by atoms with Crippen LogP contribution >= 0.6 is 22.9 Å². The number of carbonyl (C=O) groups excluding carboxylic acids is 1. The van der Waals surface area contributed by atoms with Gasteiger partial charge >= 0.3 is 0 Å². The molecule has 0 saturated heterocycles. The molecule has 0 saturated carbocycles. The molecular weight excluding hydrogens is 548 g/mol. The third-order valence-electron chi connectivity index (χ3n) is 6.97. The van der Waals surface area contributed by atoms with E-state index in [2.05, 4.69) is 81.9 Å². The second-order valence-corrected chi connectivity index (χ2v) is 11.3. The van der Waals surface area contributed by atoms with Crippen LogP contribution in [0.1, 0.15) is 50.2 Å². The molecule has 7 heteroatoms. The van der Waals surface area contributed by atoms with E-state index in [0.29, 0.717) is 25.2 Å². The molecule has 0 spiro atoms. The lowest BCUT2D eigenvalue weighted by atomic mass is 9.88. The molecule has 2 aromatic heterocycles. The molecular formula is C34H33ClN4OS. The van der Waals surface area contributed by atoms with Crippen molar-refractivity contribution in [3.63, 3.8) is 0 Å². The number of hydrogen-bond donors (Lipinski definition) is 1. The van der Waals surface area contributed by atoms with Gasteiger partial charge in [0.2, 0.25) is 0 Å². The quantitative estimate of drug-likeness (QED) is 0.158. The second kappa shape index (κ2) is 14.7. The molecule has 0 aliphatic heterocycles. The Morgan fingerprint density at radius 3 is 2.29 bits per heavy atom. The lowest BCUT2D eigenvalue weighted by Crippen LogP contribution is -2.27. The van der Waals surface area contributed by atoms with Crippen LogP contribution in [-0.4, -0.2) is 33.9 Å². The van der Waals surface area contributed by atoms with Gasteiger partial charge in [0.25, 0.3) is 5.91 Å². The van der Waals surface area contributed by atoms with E-state index in [9.17, 15) is 4.79 Å². The molecule has 41 heavy (non-hydrogen) atoms. The highest BCUT2D eigenvalue weighted by Gasteiger charge is 2.18. The monoisotopic (exact) mass is 580 g/mol. The fourth-order valence-electron chi connectivity index (χ4n) is 4.94. The Kier molecular flexibility index (Phi) is 10.3. The molecule has 0 unspecified atom stereocenters. The molecule has 0 aliphatic carbocycles. The number of carbonyl (C=O) groups is 1. The zero-order valence-electron chi connectivity index (χ0n) is 22.8. The third-order valence-corrected chi connectivity index (χ3v) is 8.04. The molecule has 0 radical (unpaired) electrons. The van der Waals surface area contributed by atoms with Gasteiger partial charge in [0.1, 0.15) is 10.7 Å². The van der Waals surface area contributed by atoms with Crippen molar-refractivity contribution in [2.24, 2.45) is 0 Å². The van der Waals surface area contributed by atoms with Crippen molar-refractivity contribution >= 4 is 28.8 Å². The predicted molar refractivity (Wildman–Crippen MR) is 167 cm³/mol. The number of halogens is 1. The largest absolute Gasteiger partial charge is 0.350 e. The summed E-state index contributed by atoms with van der Waals surface area (Å²) >= 11 is 7.84. The minimum Gasteiger partial charge on any atom is -0.350 e. The molecule has 208 valence electrons. The Morgan fingerprint density at radius 2 is 1.61 bits per heavy atom. The number of rotatable bonds is 13. The predicted octanol–water partition coefficient (Wildman–Crippen LogP) is 7.39. The minimum atomic E-state index is -0.155. The number of thiazole rings is 1. The zero-order chi connectivity index (χ0) is 28.3. The molecule has 0 atom stereocenters. The zero-order valence-corrected chi connectivity index (χ0v) is 24.4. The Hall–Kier alpha value is -3.84. The van der Waals surface area contributed by atoms with Gasteiger partial charge in [-0.1, -0.05) is 90.5 Å². The standard InChI is InChI=1S/C34H33ClN4OS/c35-29-15-9-10-26(22-29)23-39(21-18-31(27-11-3-1-4-12-27)28-13-5-2-6-14-28)24-33-38-32(25-41-33)34(40)37-20-17-30-16-7-8-19-36-30/h1-16,19,22,25,31H,17-18,20-21,23-24H2,(H,37,40). The molecule has 2 heterocycles. The summed E-state index contributed by atoms with van der Waals surface area (Å²) in [5, 5.41) is 6.46. The lowest BCUT2D eigenvalue weighted by molar-refractivity contribution is 0.0949. The van der Waals surface area contributed by atoms with Gasteiger partial charge in [-0.2, -0.15) is 0 Å². The van der Waals surface area contributed by atoms with E-state index >= 15 is 0 Å². The van der Waals surface area contributed by atoms with Crippen LogP contribution in [0.4, 0.5) is 0 Å². The molecule has 5 rings (SSSR count). The van der Waals surface area contributed by atoms with Crippen LogP contribution in [-0.2, 0) is 19.5 Å². The van der Waals surface area contributed by atoms with E-state index in [-0.39, 0.29) is 11.8 Å². The van der Waals surface area contributed by atoms with Gasteiger partial charge in [-0.25, -0.2) is 4.98 Å².